The highest BCUT2D eigenvalue weighted by Gasteiger charge is 2.26. The number of morpholine rings is 1. The molecule has 0 saturated carbocycles. The van der Waals surface area contributed by atoms with Crippen LogP contribution in [0.4, 0.5) is 0 Å². The SMILES string of the molecule is Cc1nc(CSc2ccc(S(=O)(=O)N3CCOCC3)cn2)cs1. The maximum atomic E-state index is 12.5. The Balaban J connectivity index is 1.66. The second kappa shape index (κ2) is 7.27. The molecule has 0 N–H and O–H groups in total. The van der Waals surface area contributed by atoms with Crippen LogP contribution in [0.25, 0.3) is 0 Å². The number of hydrogen-bond donors (Lipinski definition) is 0. The van der Waals surface area contributed by atoms with E-state index >= 15 is 0 Å². The van der Waals surface area contributed by atoms with Gasteiger partial charge in [0, 0.05) is 30.4 Å². The molecule has 0 aromatic carbocycles. The van der Waals surface area contributed by atoms with Crippen molar-refractivity contribution in [2.75, 3.05) is 26.3 Å². The minimum Gasteiger partial charge on any atom is -0.379 e. The van der Waals surface area contributed by atoms with Gasteiger partial charge in [-0.2, -0.15) is 4.31 Å². The molecule has 1 saturated heterocycles. The van der Waals surface area contributed by atoms with Gasteiger partial charge < -0.3 is 4.74 Å². The van der Waals surface area contributed by atoms with Crippen molar-refractivity contribution in [1.29, 1.82) is 0 Å². The molecular formula is C14H17N3O3S3. The van der Waals surface area contributed by atoms with Gasteiger partial charge in [0.25, 0.3) is 0 Å². The second-order valence-corrected chi connectivity index (χ2v) is 8.99. The largest absolute Gasteiger partial charge is 0.379 e. The molecule has 9 heteroatoms. The summed E-state index contributed by atoms with van der Waals surface area (Å²) in [6.45, 7) is 3.63. The van der Waals surface area contributed by atoms with Crippen LogP contribution in [0.2, 0.25) is 0 Å². The van der Waals surface area contributed by atoms with E-state index in [4.69, 9.17) is 4.74 Å². The summed E-state index contributed by atoms with van der Waals surface area (Å²) >= 11 is 3.17. The Bertz CT molecular complexity index is 753. The zero-order valence-electron chi connectivity index (χ0n) is 12.6. The highest BCUT2D eigenvalue weighted by atomic mass is 32.2. The van der Waals surface area contributed by atoms with Gasteiger partial charge in [-0.1, -0.05) is 0 Å². The zero-order valence-corrected chi connectivity index (χ0v) is 15.1. The molecule has 1 aliphatic heterocycles. The van der Waals surface area contributed by atoms with Gasteiger partial charge in [-0.25, -0.2) is 18.4 Å². The summed E-state index contributed by atoms with van der Waals surface area (Å²) in [5.41, 5.74) is 1.02. The van der Waals surface area contributed by atoms with E-state index in [1.54, 1.807) is 35.2 Å². The topological polar surface area (TPSA) is 72.4 Å². The molecule has 0 unspecified atom stereocenters. The van der Waals surface area contributed by atoms with Crippen molar-refractivity contribution >= 4 is 33.1 Å². The van der Waals surface area contributed by atoms with Crippen LogP contribution in [0.1, 0.15) is 10.7 Å². The number of aryl methyl sites for hydroxylation is 1. The number of thiazole rings is 1. The van der Waals surface area contributed by atoms with Crippen LogP contribution >= 0.6 is 23.1 Å². The molecule has 2 aromatic rings. The molecule has 3 rings (SSSR count). The fraction of sp³-hybridized carbons (Fsp3) is 0.429. The van der Waals surface area contributed by atoms with Crippen molar-refractivity contribution in [2.45, 2.75) is 22.6 Å². The van der Waals surface area contributed by atoms with Gasteiger partial charge in [0.15, 0.2) is 0 Å². The Labute approximate surface area is 144 Å². The monoisotopic (exact) mass is 371 g/mol. The lowest BCUT2D eigenvalue weighted by Gasteiger charge is -2.25. The lowest BCUT2D eigenvalue weighted by Crippen LogP contribution is -2.40. The molecule has 0 amide bonds. The lowest BCUT2D eigenvalue weighted by molar-refractivity contribution is 0.0730. The third kappa shape index (κ3) is 4.10. The Morgan fingerprint density at radius 3 is 2.74 bits per heavy atom. The number of pyridine rings is 1. The second-order valence-electron chi connectivity index (χ2n) is 5.00. The molecule has 0 aliphatic carbocycles. The fourth-order valence-electron chi connectivity index (χ4n) is 2.16. The Morgan fingerprint density at radius 2 is 2.13 bits per heavy atom. The zero-order chi connectivity index (χ0) is 16.3. The van der Waals surface area contributed by atoms with E-state index < -0.39 is 10.0 Å². The van der Waals surface area contributed by atoms with E-state index in [2.05, 4.69) is 9.97 Å². The molecule has 1 aliphatic rings. The lowest BCUT2D eigenvalue weighted by atomic mass is 10.5. The first-order chi connectivity index (χ1) is 11.1. The summed E-state index contributed by atoms with van der Waals surface area (Å²) in [4.78, 5) is 8.89. The van der Waals surface area contributed by atoms with Crippen molar-refractivity contribution in [1.82, 2.24) is 14.3 Å². The molecule has 1 fully saturated rings. The Kier molecular flexibility index (Phi) is 5.32. The van der Waals surface area contributed by atoms with E-state index in [1.807, 2.05) is 12.3 Å². The molecule has 6 nitrogen and oxygen atoms in total. The van der Waals surface area contributed by atoms with Crippen LogP contribution < -0.4 is 0 Å². The van der Waals surface area contributed by atoms with Crippen LogP contribution in [-0.4, -0.2) is 49.0 Å². The van der Waals surface area contributed by atoms with Crippen molar-refractivity contribution in [3.05, 3.63) is 34.4 Å². The number of rotatable bonds is 5. The van der Waals surface area contributed by atoms with Gasteiger partial charge in [0.1, 0.15) is 4.90 Å². The van der Waals surface area contributed by atoms with Crippen LogP contribution in [0.5, 0.6) is 0 Å². The summed E-state index contributed by atoms with van der Waals surface area (Å²) in [6.07, 6.45) is 1.43. The van der Waals surface area contributed by atoms with Crippen molar-refractivity contribution in [3.8, 4) is 0 Å². The smallest absolute Gasteiger partial charge is 0.244 e. The van der Waals surface area contributed by atoms with Gasteiger partial charge >= 0.3 is 0 Å². The van der Waals surface area contributed by atoms with E-state index in [1.165, 1.54) is 10.5 Å². The molecule has 0 radical (unpaired) electrons. The standard InChI is InChI=1S/C14H17N3O3S3/c1-11-16-12(9-21-11)10-22-14-3-2-13(8-15-14)23(18,19)17-4-6-20-7-5-17/h2-3,8-9H,4-7,10H2,1H3. The highest BCUT2D eigenvalue weighted by molar-refractivity contribution is 7.98. The van der Waals surface area contributed by atoms with E-state index in [0.717, 1.165) is 21.5 Å². The highest BCUT2D eigenvalue weighted by Crippen LogP contribution is 2.24. The molecule has 3 heterocycles. The molecule has 0 bridgehead atoms. The molecule has 2 aromatic heterocycles. The van der Waals surface area contributed by atoms with Crippen LogP contribution in [-0.2, 0) is 20.5 Å². The van der Waals surface area contributed by atoms with Crippen LogP contribution in [0.3, 0.4) is 0 Å². The Morgan fingerprint density at radius 1 is 1.35 bits per heavy atom. The third-order valence-electron chi connectivity index (χ3n) is 3.35. The predicted octanol–water partition coefficient (Wildman–Crippen LogP) is 2.16. The van der Waals surface area contributed by atoms with Crippen molar-refractivity contribution in [2.24, 2.45) is 0 Å². The molecule has 0 atom stereocenters. The number of sulfonamides is 1. The normalized spacial score (nSPS) is 16.6. The first-order valence-electron chi connectivity index (χ1n) is 7.13. The van der Waals surface area contributed by atoms with Gasteiger partial charge in [0.05, 0.1) is 28.9 Å². The van der Waals surface area contributed by atoms with E-state index in [9.17, 15) is 8.42 Å². The maximum Gasteiger partial charge on any atom is 0.244 e. The minimum absolute atomic E-state index is 0.230. The van der Waals surface area contributed by atoms with Gasteiger partial charge in [-0.15, -0.1) is 23.1 Å². The maximum absolute atomic E-state index is 12.5. The van der Waals surface area contributed by atoms with Crippen molar-refractivity contribution in [3.63, 3.8) is 0 Å². The average molecular weight is 372 g/mol. The summed E-state index contributed by atoms with van der Waals surface area (Å²) in [5.74, 6) is 0.729. The molecule has 124 valence electrons. The first kappa shape index (κ1) is 16.8. The Hall–Kier alpha value is -1.00. The number of thioether (sulfide) groups is 1. The van der Waals surface area contributed by atoms with Crippen LogP contribution in [0, 0.1) is 6.92 Å². The minimum atomic E-state index is -3.47. The summed E-state index contributed by atoms with van der Waals surface area (Å²) in [6, 6.07) is 3.36. The number of nitrogens with zero attached hydrogens (tertiary/aromatic N) is 3. The predicted molar refractivity (Wildman–Crippen MR) is 90.2 cm³/mol. The van der Waals surface area contributed by atoms with Crippen LogP contribution in [0.15, 0.2) is 33.6 Å². The van der Waals surface area contributed by atoms with Gasteiger partial charge in [0.2, 0.25) is 10.0 Å². The summed E-state index contributed by atoms with van der Waals surface area (Å²) < 4.78 is 31.6. The summed E-state index contributed by atoms with van der Waals surface area (Å²) in [7, 11) is -3.47. The third-order valence-corrected chi connectivity index (χ3v) is 7.03. The van der Waals surface area contributed by atoms with Gasteiger partial charge in [-0.05, 0) is 19.1 Å². The molecule has 23 heavy (non-hydrogen) atoms. The molecule has 0 spiro atoms. The van der Waals surface area contributed by atoms with Crippen molar-refractivity contribution < 1.29 is 13.2 Å². The van der Waals surface area contributed by atoms with E-state index in [-0.39, 0.29) is 4.90 Å². The van der Waals surface area contributed by atoms with E-state index in [0.29, 0.717) is 26.3 Å². The average Bonchev–Trinajstić information content (AvgIpc) is 3.00. The first-order valence-corrected chi connectivity index (χ1v) is 10.4. The number of ether oxygens (including phenoxy) is 1. The number of aromatic nitrogens is 2. The summed E-state index contributed by atoms with van der Waals surface area (Å²) in [5, 5.41) is 3.86. The number of hydrogen-bond acceptors (Lipinski definition) is 7. The molecular weight excluding hydrogens is 354 g/mol. The van der Waals surface area contributed by atoms with Gasteiger partial charge in [-0.3, -0.25) is 0 Å². The quantitative estimate of drug-likeness (QED) is 0.750. The fourth-order valence-corrected chi connectivity index (χ4v) is 4.97.